The summed E-state index contributed by atoms with van der Waals surface area (Å²) in [6.07, 6.45) is 1.55. The average Bonchev–Trinajstić information content (AvgIpc) is 2.84. The van der Waals surface area contributed by atoms with Gasteiger partial charge in [-0.15, -0.1) is 11.3 Å². The van der Waals surface area contributed by atoms with E-state index >= 15 is 0 Å². The van der Waals surface area contributed by atoms with Crippen LogP contribution in [0, 0.1) is 0 Å². The number of anilines is 1. The normalized spacial score (nSPS) is 11.9. The van der Waals surface area contributed by atoms with Crippen molar-refractivity contribution in [2.75, 3.05) is 19.4 Å². The minimum atomic E-state index is -3.65. The lowest BCUT2D eigenvalue weighted by atomic mass is 10.4. The van der Waals surface area contributed by atoms with Crippen molar-refractivity contribution < 1.29 is 8.42 Å². The zero-order valence-electron chi connectivity index (χ0n) is 11.3. The maximum atomic E-state index is 12.7. The van der Waals surface area contributed by atoms with Crippen LogP contribution < -0.4 is 5.32 Å². The molecule has 0 unspecified atom stereocenters. The van der Waals surface area contributed by atoms with Gasteiger partial charge in [-0.2, -0.15) is 4.31 Å². The second-order valence-electron chi connectivity index (χ2n) is 4.22. The van der Waals surface area contributed by atoms with E-state index in [1.54, 1.807) is 19.3 Å². The summed E-state index contributed by atoms with van der Waals surface area (Å²) in [7, 11) is -0.487. The van der Waals surface area contributed by atoms with E-state index in [0.29, 0.717) is 14.6 Å². The van der Waals surface area contributed by atoms with Crippen LogP contribution in [0.2, 0.25) is 4.34 Å². The maximum Gasteiger partial charge on any atom is 0.246 e. The fraction of sp³-hybridized carbons (Fsp3) is 0.250. The fourth-order valence-electron chi connectivity index (χ4n) is 1.71. The van der Waals surface area contributed by atoms with Crippen molar-refractivity contribution in [3.63, 3.8) is 0 Å². The maximum absolute atomic E-state index is 12.7. The molecule has 0 amide bonds. The number of thiophene rings is 1. The number of hydrogen-bond acceptors (Lipinski definition) is 5. The summed E-state index contributed by atoms with van der Waals surface area (Å²) in [6, 6.07) is 5.10. The second-order valence-corrected chi connectivity index (χ2v) is 8.95. The highest BCUT2D eigenvalue weighted by Crippen LogP contribution is 2.28. The third-order valence-electron chi connectivity index (χ3n) is 2.75. The minimum Gasteiger partial charge on any atom is -0.372 e. The van der Waals surface area contributed by atoms with Crippen molar-refractivity contribution in [1.82, 2.24) is 9.29 Å². The Bertz CT molecular complexity index is 749. The lowest BCUT2D eigenvalue weighted by molar-refractivity contribution is 0.469. The molecule has 0 fully saturated rings. The Morgan fingerprint density at radius 1 is 1.48 bits per heavy atom. The Hall–Kier alpha value is -0.670. The minimum absolute atomic E-state index is 0.129. The van der Waals surface area contributed by atoms with Gasteiger partial charge in [0.05, 0.1) is 4.34 Å². The van der Waals surface area contributed by atoms with E-state index in [0.717, 1.165) is 4.88 Å². The molecule has 0 atom stereocenters. The summed E-state index contributed by atoms with van der Waals surface area (Å²) >= 11 is 10.5. The molecule has 9 heteroatoms. The third kappa shape index (κ3) is 3.75. The first-order chi connectivity index (χ1) is 9.84. The van der Waals surface area contributed by atoms with Gasteiger partial charge in [-0.05, 0) is 34.1 Å². The van der Waals surface area contributed by atoms with Gasteiger partial charge < -0.3 is 5.32 Å². The summed E-state index contributed by atoms with van der Waals surface area (Å²) in [5, 5.41) is 2.80. The van der Waals surface area contributed by atoms with Crippen LogP contribution in [-0.2, 0) is 16.6 Å². The summed E-state index contributed by atoms with van der Waals surface area (Å²) in [5.41, 5.74) is 0. The van der Waals surface area contributed by atoms with E-state index in [4.69, 9.17) is 11.6 Å². The monoisotopic (exact) mass is 409 g/mol. The first kappa shape index (κ1) is 16.7. The standard InChI is InChI=1S/C12H13BrClN3O2S2/c1-15-12-10(5-8(13)6-16-12)21(18,19)17(2)7-9-3-4-11(14)20-9/h3-6H,7H2,1-2H3,(H,15,16). The Labute approximate surface area is 141 Å². The molecule has 114 valence electrons. The van der Waals surface area contributed by atoms with Gasteiger partial charge in [0.15, 0.2) is 0 Å². The van der Waals surface area contributed by atoms with Gasteiger partial charge in [-0.3, -0.25) is 0 Å². The van der Waals surface area contributed by atoms with Crippen LogP contribution in [0.25, 0.3) is 0 Å². The molecule has 1 N–H and O–H groups in total. The molecule has 2 heterocycles. The summed E-state index contributed by atoms with van der Waals surface area (Å²) in [6.45, 7) is 0.259. The van der Waals surface area contributed by atoms with Crippen molar-refractivity contribution >= 4 is 54.7 Å². The number of halogens is 2. The van der Waals surface area contributed by atoms with Crippen LogP contribution in [0.4, 0.5) is 5.82 Å². The van der Waals surface area contributed by atoms with Gasteiger partial charge in [0.2, 0.25) is 10.0 Å². The van der Waals surface area contributed by atoms with Crippen LogP contribution in [0.5, 0.6) is 0 Å². The molecular weight excluding hydrogens is 398 g/mol. The second kappa shape index (κ2) is 6.62. The van der Waals surface area contributed by atoms with Gasteiger partial charge in [-0.25, -0.2) is 13.4 Å². The summed E-state index contributed by atoms with van der Waals surface area (Å²) < 4.78 is 27.9. The third-order valence-corrected chi connectivity index (χ3v) is 6.22. The zero-order valence-corrected chi connectivity index (χ0v) is 15.3. The molecule has 0 aliphatic heterocycles. The molecule has 0 aliphatic carbocycles. The Kier molecular flexibility index (Phi) is 5.26. The van der Waals surface area contributed by atoms with E-state index in [-0.39, 0.29) is 11.4 Å². The SMILES string of the molecule is CNc1ncc(Br)cc1S(=O)(=O)N(C)Cc1ccc(Cl)s1. The Morgan fingerprint density at radius 3 is 2.76 bits per heavy atom. The van der Waals surface area contributed by atoms with Gasteiger partial charge in [0.1, 0.15) is 10.7 Å². The molecule has 0 radical (unpaired) electrons. The van der Waals surface area contributed by atoms with Crippen molar-refractivity contribution in [2.24, 2.45) is 0 Å². The molecule has 2 aromatic rings. The predicted molar refractivity (Wildman–Crippen MR) is 89.5 cm³/mol. The van der Waals surface area contributed by atoms with Crippen LogP contribution in [-0.4, -0.2) is 31.8 Å². The number of aromatic nitrogens is 1. The molecule has 21 heavy (non-hydrogen) atoms. The van der Waals surface area contributed by atoms with E-state index in [1.807, 2.05) is 6.07 Å². The molecule has 0 aromatic carbocycles. The quantitative estimate of drug-likeness (QED) is 0.820. The summed E-state index contributed by atoms with van der Waals surface area (Å²) in [4.78, 5) is 5.08. The smallest absolute Gasteiger partial charge is 0.246 e. The van der Waals surface area contributed by atoms with Gasteiger partial charge in [0, 0.05) is 36.2 Å². The molecule has 0 aliphatic rings. The Balaban J connectivity index is 2.35. The predicted octanol–water partition coefficient (Wildman–Crippen LogP) is 3.42. The van der Waals surface area contributed by atoms with Gasteiger partial charge in [-0.1, -0.05) is 11.6 Å². The highest BCUT2D eigenvalue weighted by atomic mass is 79.9. The topological polar surface area (TPSA) is 62.3 Å². The van der Waals surface area contributed by atoms with Crippen molar-refractivity contribution in [1.29, 1.82) is 0 Å². The Morgan fingerprint density at radius 2 is 2.19 bits per heavy atom. The number of pyridine rings is 1. The molecule has 0 saturated carbocycles. The lowest BCUT2D eigenvalue weighted by Gasteiger charge is -2.18. The lowest BCUT2D eigenvalue weighted by Crippen LogP contribution is -2.27. The molecule has 0 saturated heterocycles. The van der Waals surface area contributed by atoms with E-state index < -0.39 is 10.0 Å². The van der Waals surface area contributed by atoms with Crippen molar-refractivity contribution in [2.45, 2.75) is 11.4 Å². The first-order valence-electron chi connectivity index (χ1n) is 5.88. The van der Waals surface area contributed by atoms with Crippen molar-refractivity contribution in [3.05, 3.63) is 38.1 Å². The van der Waals surface area contributed by atoms with E-state index in [2.05, 4.69) is 26.2 Å². The highest BCUT2D eigenvalue weighted by molar-refractivity contribution is 9.10. The average molecular weight is 411 g/mol. The van der Waals surface area contributed by atoms with Gasteiger partial charge >= 0.3 is 0 Å². The van der Waals surface area contributed by atoms with E-state index in [9.17, 15) is 8.42 Å². The molecule has 2 aromatic heterocycles. The number of nitrogens with zero attached hydrogens (tertiary/aromatic N) is 2. The number of nitrogens with one attached hydrogen (secondary N) is 1. The zero-order chi connectivity index (χ0) is 15.6. The van der Waals surface area contributed by atoms with E-state index in [1.165, 1.54) is 28.8 Å². The van der Waals surface area contributed by atoms with Crippen LogP contribution in [0.3, 0.4) is 0 Å². The first-order valence-corrected chi connectivity index (χ1v) is 9.31. The molecular formula is C12H13BrClN3O2S2. The fourth-order valence-corrected chi connectivity index (χ4v) is 4.74. The van der Waals surface area contributed by atoms with Crippen molar-refractivity contribution in [3.8, 4) is 0 Å². The van der Waals surface area contributed by atoms with Crippen LogP contribution in [0.15, 0.2) is 33.8 Å². The number of rotatable bonds is 5. The molecule has 5 nitrogen and oxygen atoms in total. The molecule has 0 spiro atoms. The molecule has 0 bridgehead atoms. The number of hydrogen-bond donors (Lipinski definition) is 1. The van der Waals surface area contributed by atoms with Crippen LogP contribution in [0.1, 0.15) is 4.88 Å². The van der Waals surface area contributed by atoms with Gasteiger partial charge in [0.25, 0.3) is 0 Å². The molecule has 2 rings (SSSR count). The van der Waals surface area contributed by atoms with Crippen LogP contribution >= 0.6 is 38.9 Å². The summed E-state index contributed by atoms with van der Waals surface area (Å²) in [5.74, 6) is 0.314. The number of sulfonamides is 1. The largest absolute Gasteiger partial charge is 0.372 e. The highest BCUT2D eigenvalue weighted by Gasteiger charge is 2.25.